The fourth-order valence-electron chi connectivity index (χ4n) is 1.86. The molecule has 0 saturated carbocycles. The Labute approximate surface area is 159 Å². The zero-order valence-electron chi connectivity index (χ0n) is 14.3. The predicted molar refractivity (Wildman–Crippen MR) is 102 cm³/mol. The van der Waals surface area contributed by atoms with E-state index in [-0.39, 0.29) is 13.2 Å². The number of carbonyl (C=O) groups is 1. The van der Waals surface area contributed by atoms with E-state index < -0.39 is 5.97 Å². The van der Waals surface area contributed by atoms with Gasteiger partial charge in [0.2, 0.25) is 5.13 Å². The zero-order valence-corrected chi connectivity index (χ0v) is 15.9. The van der Waals surface area contributed by atoms with Crippen LogP contribution in [0.15, 0.2) is 22.6 Å². The minimum absolute atomic E-state index is 0.231. The second-order valence-corrected chi connectivity index (χ2v) is 6.06. The predicted octanol–water partition coefficient (Wildman–Crippen LogP) is 3.17. The van der Waals surface area contributed by atoms with Crippen molar-refractivity contribution < 1.29 is 19.0 Å². The summed E-state index contributed by atoms with van der Waals surface area (Å²) in [5, 5.41) is 6.73. The van der Waals surface area contributed by atoms with E-state index in [0.717, 1.165) is 0 Å². The first-order valence-electron chi connectivity index (χ1n) is 7.78. The fourth-order valence-corrected chi connectivity index (χ4v) is 2.62. The van der Waals surface area contributed by atoms with Crippen LogP contribution in [0.25, 0.3) is 0 Å². The van der Waals surface area contributed by atoms with Gasteiger partial charge in [-0.25, -0.2) is 9.78 Å². The van der Waals surface area contributed by atoms with Crippen molar-refractivity contribution >= 4 is 46.1 Å². The number of ether oxygens (including phenoxy) is 3. The molecule has 0 aliphatic carbocycles. The smallest absolute Gasteiger partial charge is 0.344 e. The number of nitrogens with one attached hydrogen (secondary N) is 1. The summed E-state index contributed by atoms with van der Waals surface area (Å²) in [6, 6.07) is 3.24. The Balaban J connectivity index is 2.12. The monoisotopic (exact) mass is 398 g/mol. The number of aromatic nitrogens is 1. The van der Waals surface area contributed by atoms with Gasteiger partial charge in [-0.15, -0.1) is 11.3 Å². The van der Waals surface area contributed by atoms with E-state index in [1.165, 1.54) is 17.6 Å². The Morgan fingerprint density at radius 1 is 1.35 bits per heavy atom. The van der Waals surface area contributed by atoms with E-state index in [0.29, 0.717) is 39.6 Å². The van der Waals surface area contributed by atoms with Crippen LogP contribution in [-0.2, 0) is 9.53 Å². The quantitative estimate of drug-likeness (QED) is 0.379. The molecule has 0 unspecified atom stereocenters. The van der Waals surface area contributed by atoms with Gasteiger partial charge in [0.05, 0.1) is 24.5 Å². The summed E-state index contributed by atoms with van der Waals surface area (Å²) in [6.07, 6.45) is 1.53. The number of nitrogen functional groups attached to an aromatic ring is 1. The SMILES string of the molecule is CCOC(=O)COc1cc(Cl)c(C=NNc2nc(N)cs2)cc1OCC. The van der Waals surface area contributed by atoms with Crippen LogP contribution >= 0.6 is 22.9 Å². The molecule has 0 aliphatic rings. The summed E-state index contributed by atoms with van der Waals surface area (Å²) in [7, 11) is 0. The minimum atomic E-state index is -0.469. The Morgan fingerprint density at radius 3 is 2.77 bits per heavy atom. The Hall–Kier alpha value is -2.52. The average Bonchev–Trinajstić information content (AvgIpc) is 3.01. The molecule has 2 rings (SSSR count). The minimum Gasteiger partial charge on any atom is -0.490 e. The molecule has 140 valence electrons. The number of benzene rings is 1. The van der Waals surface area contributed by atoms with Gasteiger partial charge in [0, 0.05) is 17.0 Å². The van der Waals surface area contributed by atoms with Crippen molar-refractivity contribution in [2.45, 2.75) is 13.8 Å². The van der Waals surface area contributed by atoms with Crippen LogP contribution in [0.5, 0.6) is 11.5 Å². The number of nitrogens with two attached hydrogens (primary N) is 1. The normalized spacial score (nSPS) is 10.7. The Bertz CT molecular complexity index is 782. The van der Waals surface area contributed by atoms with Gasteiger partial charge in [-0.05, 0) is 19.9 Å². The van der Waals surface area contributed by atoms with Crippen molar-refractivity contribution in [3.8, 4) is 11.5 Å². The molecule has 0 saturated heterocycles. The van der Waals surface area contributed by atoms with E-state index in [2.05, 4.69) is 15.5 Å². The van der Waals surface area contributed by atoms with Crippen molar-refractivity contribution in [1.82, 2.24) is 4.98 Å². The molecule has 2 aromatic rings. The van der Waals surface area contributed by atoms with E-state index in [9.17, 15) is 4.79 Å². The van der Waals surface area contributed by atoms with Crippen molar-refractivity contribution in [3.05, 3.63) is 28.1 Å². The van der Waals surface area contributed by atoms with Crippen LogP contribution in [0.2, 0.25) is 5.02 Å². The highest BCUT2D eigenvalue weighted by Crippen LogP contribution is 2.33. The number of nitrogens with zero attached hydrogens (tertiary/aromatic N) is 2. The third-order valence-corrected chi connectivity index (χ3v) is 3.99. The molecule has 26 heavy (non-hydrogen) atoms. The summed E-state index contributed by atoms with van der Waals surface area (Å²) in [4.78, 5) is 15.5. The topological polar surface area (TPSA) is 108 Å². The van der Waals surface area contributed by atoms with Crippen LogP contribution in [0, 0.1) is 0 Å². The molecule has 0 radical (unpaired) electrons. The number of halogens is 1. The molecule has 0 spiro atoms. The van der Waals surface area contributed by atoms with Gasteiger partial charge < -0.3 is 19.9 Å². The standard InChI is InChI=1S/C16H19ClN4O4S/c1-3-23-12-5-10(7-19-21-16-20-14(18)9-26-16)11(17)6-13(12)25-8-15(22)24-4-2/h5-7,9H,3-4,8,18H2,1-2H3,(H,20,21). The van der Waals surface area contributed by atoms with Crippen LogP contribution in [-0.4, -0.2) is 37.0 Å². The number of thiazole rings is 1. The first-order valence-corrected chi connectivity index (χ1v) is 9.04. The lowest BCUT2D eigenvalue weighted by molar-refractivity contribution is -0.145. The highest BCUT2D eigenvalue weighted by atomic mass is 35.5. The van der Waals surface area contributed by atoms with E-state index >= 15 is 0 Å². The molecule has 0 atom stereocenters. The Kier molecular flexibility index (Phi) is 7.49. The van der Waals surface area contributed by atoms with Crippen LogP contribution in [0.3, 0.4) is 0 Å². The van der Waals surface area contributed by atoms with Crippen molar-refractivity contribution in [3.63, 3.8) is 0 Å². The second kappa shape index (κ2) is 9.83. The summed E-state index contributed by atoms with van der Waals surface area (Å²) in [5.41, 5.74) is 8.92. The highest BCUT2D eigenvalue weighted by molar-refractivity contribution is 7.14. The third-order valence-electron chi connectivity index (χ3n) is 2.90. The molecule has 0 amide bonds. The summed E-state index contributed by atoms with van der Waals surface area (Å²) >= 11 is 7.59. The number of hydrogen-bond donors (Lipinski definition) is 2. The molecule has 8 nitrogen and oxygen atoms in total. The first kappa shape index (κ1) is 19.8. The Morgan fingerprint density at radius 2 is 2.12 bits per heavy atom. The summed E-state index contributed by atoms with van der Waals surface area (Å²) in [5.74, 6) is 0.750. The van der Waals surface area contributed by atoms with Crippen LogP contribution in [0.4, 0.5) is 10.9 Å². The number of hydrogen-bond acceptors (Lipinski definition) is 9. The molecule has 10 heteroatoms. The fraction of sp³-hybridized carbons (Fsp3) is 0.312. The molecule has 0 fully saturated rings. The third kappa shape index (κ3) is 5.78. The van der Waals surface area contributed by atoms with Crippen LogP contribution in [0.1, 0.15) is 19.4 Å². The lowest BCUT2D eigenvalue weighted by atomic mass is 10.2. The van der Waals surface area contributed by atoms with Crippen molar-refractivity contribution in [1.29, 1.82) is 0 Å². The molecule has 1 aromatic carbocycles. The van der Waals surface area contributed by atoms with Crippen molar-refractivity contribution in [2.24, 2.45) is 5.10 Å². The second-order valence-electron chi connectivity index (χ2n) is 4.79. The number of rotatable bonds is 9. The van der Waals surface area contributed by atoms with E-state index in [1.807, 2.05) is 6.92 Å². The molecular weight excluding hydrogens is 380 g/mol. The van der Waals surface area contributed by atoms with Gasteiger partial charge >= 0.3 is 5.97 Å². The number of anilines is 2. The number of carbonyl (C=O) groups excluding carboxylic acids is 1. The maximum absolute atomic E-state index is 11.5. The molecule has 0 bridgehead atoms. The van der Waals surface area contributed by atoms with E-state index in [4.69, 9.17) is 31.5 Å². The highest BCUT2D eigenvalue weighted by Gasteiger charge is 2.12. The average molecular weight is 399 g/mol. The van der Waals surface area contributed by atoms with Gasteiger partial charge in [-0.1, -0.05) is 11.6 Å². The first-order chi connectivity index (χ1) is 12.5. The van der Waals surface area contributed by atoms with Gasteiger partial charge in [0.25, 0.3) is 0 Å². The molecule has 1 heterocycles. The largest absolute Gasteiger partial charge is 0.490 e. The maximum atomic E-state index is 11.5. The number of esters is 1. The van der Waals surface area contributed by atoms with Gasteiger partial charge in [0.15, 0.2) is 18.1 Å². The summed E-state index contributed by atoms with van der Waals surface area (Å²) < 4.78 is 15.8. The molecule has 0 aliphatic heterocycles. The summed E-state index contributed by atoms with van der Waals surface area (Å²) in [6.45, 7) is 4.04. The maximum Gasteiger partial charge on any atom is 0.344 e. The molecule has 1 aromatic heterocycles. The van der Waals surface area contributed by atoms with Gasteiger partial charge in [-0.2, -0.15) is 5.10 Å². The van der Waals surface area contributed by atoms with Crippen LogP contribution < -0.4 is 20.6 Å². The van der Waals surface area contributed by atoms with Gasteiger partial charge in [0.1, 0.15) is 5.82 Å². The lowest BCUT2D eigenvalue weighted by Gasteiger charge is -2.13. The zero-order chi connectivity index (χ0) is 18.9. The van der Waals surface area contributed by atoms with Gasteiger partial charge in [-0.3, -0.25) is 5.43 Å². The van der Waals surface area contributed by atoms with Crippen molar-refractivity contribution in [2.75, 3.05) is 31.0 Å². The molecule has 3 N–H and O–H groups in total. The van der Waals surface area contributed by atoms with E-state index in [1.54, 1.807) is 24.4 Å². The lowest BCUT2D eigenvalue weighted by Crippen LogP contribution is -2.15. The molecular formula is C16H19ClN4O4S. The number of hydrazone groups is 1.